The van der Waals surface area contributed by atoms with Crippen molar-refractivity contribution in [3.8, 4) is 0 Å². The highest BCUT2D eigenvalue weighted by Gasteiger charge is 2.05. The van der Waals surface area contributed by atoms with E-state index in [0.29, 0.717) is 0 Å². The largest absolute Gasteiger partial charge is 0.353 e. The first-order valence-electron chi connectivity index (χ1n) is 5.58. The molecule has 0 bridgehead atoms. The molecule has 0 aliphatic rings. The van der Waals surface area contributed by atoms with Gasteiger partial charge in [0.05, 0.1) is 0 Å². The summed E-state index contributed by atoms with van der Waals surface area (Å²) in [5, 5.41) is 12.6. The Morgan fingerprint density at radius 3 is 2.75 bits per heavy atom. The van der Waals surface area contributed by atoms with Crippen molar-refractivity contribution in [2.75, 3.05) is 37.8 Å². The Hall–Kier alpha value is -0.330. The average molecular weight is 260 g/mol. The Morgan fingerprint density at radius 1 is 1.31 bits per heavy atom. The van der Waals surface area contributed by atoms with Gasteiger partial charge >= 0.3 is 0 Å². The zero-order valence-electron chi connectivity index (χ0n) is 10.2. The SMILES string of the molecule is CCCNCCCSc1nnc(N(C)C)s1. The number of hydrogen-bond acceptors (Lipinski definition) is 6. The third-order valence-electron chi connectivity index (χ3n) is 1.93. The lowest BCUT2D eigenvalue weighted by molar-refractivity contribution is 0.664. The van der Waals surface area contributed by atoms with E-state index in [4.69, 9.17) is 0 Å². The second-order valence-corrected chi connectivity index (χ2v) is 5.99. The van der Waals surface area contributed by atoms with Gasteiger partial charge in [0.15, 0.2) is 4.34 Å². The van der Waals surface area contributed by atoms with Crippen LogP contribution in [0.2, 0.25) is 0 Å². The van der Waals surface area contributed by atoms with Gasteiger partial charge in [-0.15, -0.1) is 10.2 Å². The van der Waals surface area contributed by atoms with Gasteiger partial charge in [-0.25, -0.2) is 0 Å². The summed E-state index contributed by atoms with van der Waals surface area (Å²) in [6.45, 7) is 4.40. The lowest BCUT2D eigenvalue weighted by atomic mass is 10.4. The molecular weight excluding hydrogens is 240 g/mol. The monoisotopic (exact) mass is 260 g/mol. The fourth-order valence-corrected chi connectivity index (χ4v) is 2.87. The molecule has 0 spiro atoms. The third kappa shape index (κ3) is 5.14. The Labute approximate surface area is 106 Å². The van der Waals surface area contributed by atoms with Gasteiger partial charge in [-0.3, -0.25) is 0 Å². The zero-order chi connectivity index (χ0) is 11.8. The maximum absolute atomic E-state index is 4.14. The quantitative estimate of drug-likeness (QED) is 0.572. The highest BCUT2D eigenvalue weighted by atomic mass is 32.2. The van der Waals surface area contributed by atoms with Gasteiger partial charge in [0, 0.05) is 19.8 Å². The molecule has 4 nitrogen and oxygen atoms in total. The maximum Gasteiger partial charge on any atom is 0.208 e. The lowest BCUT2D eigenvalue weighted by Gasteiger charge is -2.03. The van der Waals surface area contributed by atoms with Gasteiger partial charge in [-0.05, 0) is 25.9 Å². The van der Waals surface area contributed by atoms with E-state index in [1.165, 1.54) is 12.8 Å². The fourth-order valence-electron chi connectivity index (χ4n) is 1.10. The number of nitrogens with zero attached hydrogens (tertiary/aromatic N) is 3. The molecule has 0 fully saturated rings. The van der Waals surface area contributed by atoms with Crippen molar-refractivity contribution < 1.29 is 0 Å². The van der Waals surface area contributed by atoms with Crippen LogP contribution in [0.1, 0.15) is 19.8 Å². The van der Waals surface area contributed by atoms with Crippen LogP contribution in [0.5, 0.6) is 0 Å². The lowest BCUT2D eigenvalue weighted by Crippen LogP contribution is -2.16. The summed E-state index contributed by atoms with van der Waals surface area (Å²) < 4.78 is 1.07. The molecular formula is C10H20N4S2. The van der Waals surface area contributed by atoms with Crippen molar-refractivity contribution in [1.29, 1.82) is 0 Å². The normalized spacial score (nSPS) is 10.7. The first kappa shape index (κ1) is 13.7. The molecule has 0 aliphatic carbocycles. The fraction of sp³-hybridized carbons (Fsp3) is 0.800. The van der Waals surface area contributed by atoms with E-state index in [2.05, 4.69) is 22.4 Å². The van der Waals surface area contributed by atoms with Crippen molar-refractivity contribution in [1.82, 2.24) is 15.5 Å². The summed E-state index contributed by atoms with van der Waals surface area (Å²) >= 11 is 3.45. The van der Waals surface area contributed by atoms with Crippen LogP contribution in [0.3, 0.4) is 0 Å². The van der Waals surface area contributed by atoms with Gasteiger partial charge in [0.25, 0.3) is 0 Å². The predicted octanol–water partition coefficient (Wildman–Crippen LogP) is 2.09. The predicted molar refractivity (Wildman–Crippen MR) is 72.7 cm³/mol. The topological polar surface area (TPSA) is 41.1 Å². The Kier molecular flexibility index (Phi) is 6.75. The maximum atomic E-state index is 4.14. The molecule has 1 aromatic rings. The van der Waals surface area contributed by atoms with Crippen LogP contribution in [0.4, 0.5) is 5.13 Å². The van der Waals surface area contributed by atoms with E-state index in [0.717, 1.165) is 28.3 Å². The molecule has 0 aromatic carbocycles. The van der Waals surface area contributed by atoms with Crippen LogP contribution >= 0.6 is 23.1 Å². The molecule has 0 saturated carbocycles. The average Bonchev–Trinajstić information content (AvgIpc) is 2.72. The number of anilines is 1. The van der Waals surface area contributed by atoms with Crippen LogP contribution in [-0.4, -0.2) is 43.1 Å². The summed E-state index contributed by atoms with van der Waals surface area (Å²) in [4.78, 5) is 1.99. The summed E-state index contributed by atoms with van der Waals surface area (Å²) in [6, 6.07) is 0. The molecule has 92 valence electrons. The first-order valence-corrected chi connectivity index (χ1v) is 7.38. The Balaban J connectivity index is 2.12. The zero-order valence-corrected chi connectivity index (χ0v) is 11.8. The van der Waals surface area contributed by atoms with Gasteiger partial charge in [-0.1, -0.05) is 30.0 Å². The molecule has 0 amide bonds. The van der Waals surface area contributed by atoms with Crippen molar-refractivity contribution in [3.05, 3.63) is 0 Å². The second kappa shape index (κ2) is 7.86. The molecule has 16 heavy (non-hydrogen) atoms. The van der Waals surface area contributed by atoms with Crippen LogP contribution in [0.15, 0.2) is 4.34 Å². The van der Waals surface area contributed by atoms with Crippen molar-refractivity contribution in [2.45, 2.75) is 24.1 Å². The van der Waals surface area contributed by atoms with Crippen LogP contribution < -0.4 is 10.2 Å². The Morgan fingerprint density at radius 2 is 2.12 bits per heavy atom. The standard InChI is InChI=1S/C10H20N4S2/c1-4-6-11-7-5-8-15-10-13-12-9(16-10)14(2)3/h11H,4-8H2,1-3H3. The van der Waals surface area contributed by atoms with Crippen LogP contribution in [-0.2, 0) is 0 Å². The van der Waals surface area contributed by atoms with Crippen LogP contribution in [0.25, 0.3) is 0 Å². The third-order valence-corrected chi connectivity index (χ3v) is 4.24. The minimum absolute atomic E-state index is 0.978. The molecule has 0 saturated heterocycles. The minimum Gasteiger partial charge on any atom is -0.353 e. The van der Waals surface area contributed by atoms with Gasteiger partial charge in [0.1, 0.15) is 0 Å². The van der Waals surface area contributed by atoms with E-state index < -0.39 is 0 Å². The van der Waals surface area contributed by atoms with E-state index in [1.54, 1.807) is 23.1 Å². The van der Waals surface area contributed by atoms with Gasteiger partial charge < -0.3 is 10.2 Å². The summed E-state index contributed by atoms with van der Waals surface area (Å²) in [5.74, 6) is 1.11. The number of hydrogen-bond donors (Lipinski definition) is 1. The molecule has 1 heterocycles. The summed E-state index contributed by atoms with van der Waals surface area (Å²) in [6.07, 6.45) is 2.39. The number of thioether (sulfide) groups is 1. The van der Waals surface area contributed by atoms with Crippen LogP contribution in [0, 0.1) is 0 Å². The minimum atomic E-state index is 0.978. The summed E-state index contributed by atoms with van der Waals surface area (Å²) in [5.41, 5.74) is 0. The van der Waals surface area contributed by atoms with E-state index in [-0.39, 0.29) is 0 Å². The number of aromatic nitrogens is 2. The van der Waals surface area contributed by atoms with E-state index in [1.807, 2.05) is 19.0 Å². The molecule has 1 N–H and O–H groups in total. The first-order chi connectivity index (χ1) is 7.74. The van der Waals surface area contributed by atoms with E-state index in [9.17, 15) is 0 Å². The number of nitrogens with one attached hydrogen (secondary N) is 1. The molecule has 1 aromatic heterocycles. The van der Waals surface area contributed by atoms with Crippen molar-refractivity contribution in [2.24, 2.45) is 0 Å². The van der Waals surface area contributed by atoms with Crippen molar-refractivity contribution >= 4 is 28.2 Å². The van der Waals surface area contributed by atoms with Gasteiger partial charge in [0.2, 0.25) is 5.13 Å². The smallest absolute Gasteiger partial charge is 0.208 e. The van der Waals surface area contributed by atoms with Gasteiger partial charge in [-0.2, -0.15) is 0 Å². The molecule has 0 atom stereocenters. The summed E-state index contributed by atoms with van der Waals surface area (Å²) in [7, 11) is 3.98. The molecule has 0 radical (unpaired) electrons. The molecule has 0 unspecified atom stereocenters. The van der Waals surface area contributed by atoms with Crippen molar-refractivity contribution in [3.63, 3.8) is 0 Å². The molecule has 1 rings (SSSR count). The molecule has 6 heteroatoms. The highest BCUT2D eigenvalue weighted by molar-refractivity contribution is 8.01. The highest BCUT2D eigenvalue weighted by Crippen LogP contribution is 2.26. The molecule has 0 aliphatic heterocycles. The second-order valence-electron chi connectivity index (χ2n) is 3.70. The number of rotatable bonds is 8. The Bertz CT molecular complexity index is 288. The van der Waals surface area contributed by atoms with E-state index >= 15 is 0 Å².